The van der Waals surface area contributed by atoms with Crippen LogP contribution < -0.4 is 0 Å². The van der Waals surface area contributed by atoms with Crippen LogP contribution in [-0.4, -0.2) is 34.3 Å². The van der Waals surface area contributed by atoms with Gasteiger partial charge in [0.05, 0.1) is 6.61 Å². The van der Waals surface area contributed by atoms with Gasteiger partial charge in [-0.25, -0.2) is 0 Å². The molecule has 4 heteroatoms. The molecule has 0 radical (unpaired) electrons. The highest BCUT2D eigenvalue weighted by atomic mass is 16.5. The van der Waals surface area contributed by atoms with E-state index < -0.39 is 0 Å². The van der Waals surface area contributed by atoms with Crippen molar-refractivity contribution in [3.05, 3.63) is 17.5 Å². The highest BCUT2D eigenvalue weighted by Gasteiger charge is 2.22. The minimum atomic E-state index is -0.0354. The maximum absolute atomic E-state index is 8.94. The summed E-state index contributed by atoms with van der Waals surface area (Å²) in [5.74, 6) is 1.57. The predicted molar refractivity (Wildman–Crippen MR) is 65.6 cm³/mol. The number of nitrogens with zero attached hydrogens (tertiary/aromatic N) is 2. The maximum Gasteiger partial charge on any atom is 0.137 e. The highest BCUT2D eigenvalue weighted by molar-refractivity contribution is 5.05. The Morgan fingerprint density at radius 3 is 3.06 bits per heavy atom. The predicted octanol–water partition coefficient (Wildman–Crippen LogP) is 1.83. The van der Waals surface area contributed by atoms with Gasteiger partial charge in [-0.3, -0.25) is 0 Å². The molecule has 1 aromatic heterocycles. The van der Waals surface area contributed by atoms with Crippen LogP contribution in [0.1, 0.15) is 38.1 Å². The van der Waals surface area contributed by atoms with Gasteiger partial charge in [-0.2, -0.15) is 0 Å². The Hall–Kier alpha value is -0.870. The Balaban J connectivity index is 1.90. The van der Waals surface area contributed by atoms with Crippen LogP contribution >= 0.6 is 0 Å². The summed E-state index contributed by atoms with van der Waals surface area (Å²) in [6.45, 7) is 6.83. The topological polar surface area (TPSA) is 49.5 Å². The van der Waals surface area contributed by atoms with Gasteiger partial charge in [0.25, 0.3) is 0 Å². The minimum absolute atomic E-state index is 0.0354. The van der Waals surface area contributed by atoms with Gasteiger partial charge in [-0.05, 0) is 39.2 Å². The van der Waals surface area contributed by atoms with E-state index in [1.165, 1.54) is 19.4 Å². The first-order valence-electron chi connectivity index (χ1n) is 6.48. The first-order valence-corrected chi connectivity index (χ1v) is 6.48. The summed E-state index contributed by atoms with van der Waals surface area (Å²) in [6, 6.07) is 2.49. The summed E-state index contributed by atoms with van der Waals surface area (Å²) in [7, 11) is 0. The average Bonchev–Trinajstić information content (AvgIpc) is 2.77. The summed E-state index contributed by atoms with van der Waals surface area (Å²) in [6.07, 6.45) is 3.47. The molecule has 96 valence electrons. The third-order valence-corrected chi connectivity index (χ3v) is 3.54. The summed E-state index contributed by atoms with van der Waals surface area (Å²) in [5, 5.41) is 12.8. The molecule has 1 atom stereocenters. The van der Waals surface area contributed by atoms with Crippen molar-refractivity contribution in [1.82, 2.24) is 10.1 Å². The van der Waals surface area contributed by atoms with Crippen molar-refractivity contribution >= 4 is 0 Å². The van der Waals surface area contributed by atoms with Gasteiger partial charge in [-0.15, -0.1) is 0 Å². The van der Waals surface area contributed by atoms with Gasteiger partial charge in [0.15, 0.2) is 0 Å². The summed E-state index contributed by atoms with van der Waals surface area (Å²) in [5.41, 5.74) is 0.636. The second-order valence-electron chi connectivity index (χ2n) is 5.24. The van der Waals surface area contributed by atoms with Crippen molar-refractivity contribution < 1.29 is 9.63 Å². The molecule has 1 aliphatic rings. The number of aliphatic hydroxyl groups is 1. The average molecular weight is 238 g/mol. The van der Waals surface area contributed by atoms with E-state index in [4.69, 9.17) is 9.63 Å². The van der Waals surface area contributed by atoms with Crippen molar-refractivity contribution in [3.63, 3.8) is 0 Å². The van der Waals surface area contributed by atoms with Crippen molar-refractivity contribution in [2.24, 2.45) is 5.92 Å². The molecule has 0 aliphatic carbocycles. The van der Waals surface area contributed by atoms with Crippen molar-refractivity contribution in [2.75, 3.05) is 13.1 Å². The molecule has 1 fully saturated rings. The maximum atomic E-state index is 8.94. The van der Waals surface area contributed by atoms with E-state index in [9.17, 15) is 0 Å². The molecule has 4 nitrogen and oxygen atoms in total. The molecule has 1 unspecified atom stereocenters. The van der Waals surface area contributed by atoms with Crippen molar-refractivity contribution in [2.45, 2.75) is 45.8 Å². The second kappa shape index (κ2) is 5.65. The van der Waals surface area contributed by atoms with Crippen LogP contribution in [0.15, 0.2) is 10.6 Å². The molecule has 1 saturated heterocycles. The largest absolute Gasteiger partial charge is 0.390 e. The van der Waals surface area contributed by atoms with Crippen molar-refractivity contribution in [3.8, 4) is 0 Å². The monoisotopic (exact) mass is 238 g/mol. The fraction of sp³-hybridized carbons (Fsp3) is 0.769. The van der Waals surface area contributed by atoms with Crippen LogP contribution in [-0.2, 0) is 13.0 Å². The van der Waals surface area contributed by atoms with Gasteiger partial charge < -0.3 is 14.5 Å². The fourth-order valence-corrected chi connectivity index (χ4v) is 2.54. The molecule has 0 amide bonds. The number of piperidine rings is 1. The van der Waals surface area contributed by atoms with E-state index in [1.54, 1.807) is 0 Å². The van der Waals surface area contributed by atoms with Gasteiger partial charge in [0, 0.05) is 25.1 Å². The van der Waals surface area contributed by atoms with Crippen LogP contribution in [0.2, 0.25) is 0 Å². The van der Waals surface area contributed by atoms with E-state index in [2.05, 4.69) is 23.9 Å². The van der Waals surface area contributed by atoms with E-state index in [0.717, 1.165) is 18.7 Å². The molecule has 1 aromatic rings. The molecule has 0 aromatic carbocycles. The highest BCUT2D eigenvalue weighted by Crippen LogP contribution is 2.22. The normalized spacial score (nSPS) is 22.2. The van der Waals surface area contributed by atoms with Crippen molar-refractivity contribution in [1.29, 1.82) is 0 Å². The molecular formula is C13H22N2O2. The number of likely N-dealkylation sites (tertiary alicyclic amines) is 1. The lowest BCUT2D eigenvalue weighted by atomic mass is 9.93. The molecule has 1 aliphatic heterocycles. The number of hydrogen-bond donors (Lipinski definition) is 1. The van der Waals surface area contributed by atoms with E-state index in [1.807, 2.05) is 6.07 Å². The zero-order valence-electron chi connectivity index (χ0n) is 10.7. The van der Waals surface area contributed by atoms with E-state index in [0.29, 0.717) is 17.7 Å². The number of rotatable bonds is 4. The Labute approximate surface area is 103 Å². The Morgan fingerprint density at radius 2 is 2.41 bits per heavy atom. The third-order valence-electron chi connectivity index (χ3n) is 3.54. The Bertz CT molecular complexity index is 349. The van der Waals surface area contributed by atoms with Crippen LogP contribution in [0.25, 0.3) is 0 Å². The lowest BCUT2D eigenvalue weighted by molar-refractivity contribution is 0.135. The van der Waals surface area contributed by atoms with Crippen LogP contribution in [0.3, 0.4) is 0 Å². The number of aliphatic hydroxyl groups excluding tert-OH is 1. The lowest BCUT2D eigenvalue weighted by Gasteiger charge is -2.35. The molecule has 1 N–H and O–H groups in total. The summed E-state index contributed by atoms with van der Waals surface area (Å²) in [4.78, 5) is 2.53. The van der Waals surface area contributed by atoms with Crippen LogP contribution in [0.5, 0.6) is 0 Å². The first-order chi connectivity index (χ1) is 8.19. The molecule has 0 spiro atoms. The molecule has 0 saturated carbocycles. The van der Waals surface area contributed by atoms with E-state index in [-0.39, 0.29) is 6.61 Å². The zero-order chi connectivity index (χ0) is 12.3. The minimum Gasteiger partial charge on any atom is -0.390 e. The van der Waals surface area contributed by atoms with Crippen LogP contribution in [0, 0.1) is 5.92 Å². The third kappa shape index (κ3) is 3.30. The Kier molecular flexibility index (Phi) is 4.18. The molecule has 2 heterocycles. The fourth-order valence-electron chi connectivity index (χ4n) is 2.54. The zero-order valence-corrected chi connectivity index (χ0v) is 10.7. The molecule has 0 bridgehead atoms. The SMILES string of the molecule is CC(C)N1CCCC(Cc2cc(CO)no2)C1. The van der Waals surface area contributed by atoms with Gasteiger partial charge in [-0.1, -0.05) is 5.16 Å². The van der Waals surface area contributed by atoms with E-state index >= 15 is 0 Å². The van der Waals surface area contributed by atoms with Gasteiger partial charge in [0.2, 0.25) is 0 Å². The molecule has 2 rings (SSSR count). The Morgan fingerprint density at radius 1 is 1.59 bits per heavy atom. The van der Waals surface area contributed by atoms with Gasteiger partial charge >= 0.3 is 0 Å². The molecule has 17 heavy (non-hydrogen) atoms. The standard InChI is InChI=1S/C13H22N2O2/c1-10(2)15-5-3-4-11(8-15)6-13-7-12(9-16)14-17-13/h7,10-11,16H,3-6,8-9H2,1-2H3. The summed E-state index contributed by atoms with van der Waals surface area (Å²) >= 11 is 0. The number of hydrogen-bond acceptors (Lipinski definition) is 4. The quantitative estimate of drug-likeness (QED) is 0.869. The van der Waals surface area contributed by atoms with Crippen LogP contribution in [0.4, 0.5) is 0 Å². The molecular weight excluding hydrogens is 216 g/mol. The smallest absolute Gasteiger partial charge is 0.137 e. The summed E-state index contributed by atoms with van der Waals surface area (Å²) < 4.78 is 5.23. The lowest BCUT2D eigenvalue weighted by Crippen LogP contribution is -2.40. The second-order valence-corrected chi connectivity index (χ2v) is 5.24. The number of aromatic nitrogens is 1. The van der Waals surface area contributed by atoms with Gasteiger partial charge in [0.1, 0.15) is 11.5 Å². The first kappa shape index (κ1) is 12.6.